The van der Waals surface area contributed by atoms with E-state index in [1.165, 1.54) is 11.9 Å². The monoisotopic (exact) mass is 114 g/mol. The Labute approximate surface area is 46.8 Å². The maximum absolute atomic E-state index is 8.31. The van der Waals surface area contributed by atoms with E-state index in [2.05, 4.69) is 6.07 Å². The highest BCUT2D eigenvalue weighted by Crippen LogP contribution is 2.44. The van der Waals surface area contributed by atoms with Gasteiger partial charge in [0.05, 0.1) is 6.07 Å². The third-order valence-corrected chi connectivity index (χ3v) is 2.08. The minimum atomic E-state index is -0.167. The van der Waals surface area contributed by atoms with Gasteiger partial charge in [0.1, 0.15) is 4.75 Å². The summed E-state index contributed by atoms with van der Waals surface area (Å²) in [7, 11) is 0. The van der Waals surface area contributed by atoms with Gasteiger partial charge in [-0.25, -0.2) is 0 Å². The molecule has 0 spiro atoms. The number of nitrogens with zero attached hydrogens (tertiary/aromatic N) is 1. The van der Waals surface area contributed by atoms with Crippen molar-refractivity contribution in [2.24, 2.45) is 5.14 Å². The highest BCUT2D eigenvalue weighted by Gasteiger charge is 2.43. The Bertz CT molecular complexity index is 111. The van der Waals surface area contributed by atoms with Crippen molar-refractivity contribution in [1.29, 1.82) is 5.26 Å². The predicted molar refractivity (Wildman–Crippen MR) is 29.4 cm³/mol. The highest BCUT2D eigenvalue weighted by atomic mass is 32.2. The van der Waals surface area contributed by atoms with Crippen molar-refractivity contribution in [1.82, 2.24) is 0 Å². The molecular weight excluding hydrogens is 108 g/mol. The van der Waals surface area contributed by atoms with Crippen LogP contribution in [0.1, 0.15) is 12.8 Å². The molecule has 1 rings (SSSR count). The van der Waals surface area contributed by atoms with Gasteiger partial charge in [-0.15, -0.1) is 0 Å². The molecule has 0 aromatic carbocycles. The average molecular weight is 114 g/mol. The van der Waals surface area contributed by atoms with Crippen LogP contribution in [0.3, 0.4) is 0 Å². The SMILES string of the molecule is N#CC1(SN)CC1. The van der Waals surface area contributed by atoms with Crippen LogP contribution < -0.4 is 5.14 Å². The van der Waals surface area contributed by atoms with E-state index in [9.17, 15) is 0 Å². The lowest BCUT2D eigenvalue weighted by molar-refractivity contribution is 1.20. The van der Waals surface area contributed by atoms with Gasteiger partial charge in [-0.2, -0.15) is 5.26 Å². The maximum Gasteiger partial charge on any atom is 0.117 e. The molecule has 0 saturated heterocycles. The summed E-state index contributed by atoms with van der Waals surface area (Å²) >= 11 is 1.18. The Kier molecular flexibility index (Phi) is 0.983. The van der Waals surface area contributed by atoms with E-state index < -0.39 is 0 Å². The second kappa shape index (κ2) is 1.39. The fourth-order valence-electron chi connectivity index (χ4n) is 0.370. The van der Waals surface area contributed by atoms with Gasteiger partial charge in [0, 0.05) is 0 Å². The van der Waals surface area contributed by atoms with Crippen LogP contribution in [0.2, 0.25) is 0 Å². The average Bonchev–Trinajstić information content (AvgIpc) is 2.46. The zero-order valence-electron chi connectivity index (χ0n) is 3.85. The first-order chi connectivity index (χ1) is 3.33. The second-order valence-electron chi connectivity index (χ2n) is 1.72. The van der Waals surface area contributed by atoms with Crippen LogP contribution >= 0.6 is 11.9 Å². The Morgan fingerprint density at radius 3 is 2.29 bits per heavy atom. The van der Waals surface area contributed by atoms with Crippen molar-refractivity contribution in [3.05, 3.63) is 0 Å². The first-order valence-corrected chi connectivity index (χ1v) is 3.00. The molecule has 7 heavy (non-hydrogen) atoms. The molecule has 0 aromatic heterocycles. The summed E-state index contributed by atoms with van der Waals surface area (Å²) in [5.74, 6) is 0. The van der Waals surface area contributed by atoms with Gasteiger partial charge in [-0.1, -0.05) is 11.9 Å². The molecule has 2 N–H and O–H groups in total. The third-order valence-electron chi connectivity index (χ3n) is 1.13. The molecule has 1 saturated carbocycles. The Morgan fingerprint density at radius 2 is 2.29 bits per heavy atom. The summed E-state index contributed by atoms with van der Waals surface area (Å²) in [6, 6.07) is 2.14. The molecule has 0 bridgehead atoms. The highest BCUT2D eigenvalue weighted by molar-refractivity contribution is 7.99. The molecule has 1 aliphatic carbocycles. The van der Waals surface area contributed by atoms with Crippen LogP contribution in [0.15, 0.2) is 0 Å². The molecule has 0 radical (unpaired) electrons. The lowest BCUT2D eigenvalue weighted by Crippen LogP contribution is -2.00. The summed E-state index contributed by atoms with van der Waals surface area (Å²) in [5.41, 5.74) is 0. The van der Waals surface area contributed by atoms with Crippen molar-refractivity contribution in [2.75, 3.05) is 0 Å². The largest absolute Gasteiger partial charge is 0.276 e. The molecule has 38 valence electrons. The number of nitriles is 1. The van der Waals surface area contributed by atoms with Gasteiger partial charge in [0.15, 0.2) is 0 Å². The van der Waals surface area contributed by atoms with E-state index >= 15 is 0 Å². The summed E-state index contributed by atoms with van der Waals surface area (Å²) < 4.78 is -0.167. The van der Waals surface area contributed by atoms with E-state index in [4.69, 9.17) is 10.4 Å². The normalized spacial score (nSPS) is 23.4. The fourth-order valence-corrected chi connectivity index (χ4v) is 0.760. The smallest absolute Gasteiger partial charge is 0.117 e. The quantitative estimate of drug-likeness (QED) is 0.509. The van der Waals surface area contributed by atoms with Gasteiger partial charge in [-0.3, -0.25) is 5.14 Å². The van der Waals surface area contributed by atoms with Crippen molar-refractivity contribution >= 4 is 11.9 Å². The minimum Gasteiger partial charge on any atom is -0.276 e. The zero-order chi connectivity index (χ0) is 5.33. The fraction of sp³-hybridized carbons (Fsp3) is 0.750. The van der Waals surface area contributed by atoms with Crippen LogP contribution in [0.4, 0.5) is 0 Å². The summed E-state index contributed by atoms with van der Waals surface area (Å²) in [5, 5.41) is 13.5. The van der Waals surface area contributed by atoms with Gasteiger partial charge < -0.3 is 0 Å². The molecule has 0 atom stereocenters. The molecule has 0 amide bonds. The molecule has 1 fully saturated rings. The third kappa shape index (κ3) is 0.718. The van der Waals surface area contributed by atoms with E-state index in [-0.39, 0.29) is 4.75 Å². The van der Waals surface area contributed by atoms with Crippen LogP contribution in [-0.2, 0) is 0 Å². The van der Waals surface area contributed by atoms with Gasteiger partial charge in [-0.05, 0) is 12.8 Å². The number of nitrogens with two attached hydrogens (primary N) is 1. The maximum atomic E-state index is 8.31. The summed E-state index contributed by atoms with van der Waals surface area (Å²) in [6.07, 6.45) is 1.95. The van der Waals surface area contributed by atoms with Crippen LogP contribution in [-0.4, -0.2) is 4.75 Å². The van der Waals surface area contributed by atoms with Gasteiger partial charge in [0.25, 0.3) is 0 Å². The molecule has 0 aromatic rings. The zero-order valence-corrected chi connectivity index (χ0v) is 4.66. The number of hydrogen-bond donors (Lipinski definition) is 1. The molecule has 0 heterocycles. The standard InChI is InChI=1S/C4H6N2S/c5-3-4(7-6)1-2-4/h1-2,6H2. The molecule has 0 aliphatic heterocycles. The molecule has 3 heteroatoms. The van der Waals surface area contributed by atoms with Crippen molar-refractivity contribution < 1.29 is 0 Å². The Hall–Kier alpha value is -0.200. The molecule has 1 aliphatic rings. The Balaban J connectivity index is 2.47. The van der Waals surface area contributed by atoms with E-state index in [1.54, 1.807) is 0 Å². The first-order valence-electron chi connectivity index (χ1n) is 2.12. The van der Waals surface area contributed by atoms with Crippen molar-refractivity contribution in [2.45, 2.75) is 17.6 Å². The Morgan fingerprint density at radius 1 is 1.71 bits per heavy atom. The molecular formula is C4H6N2S. The van der Waals surface area contributed by atoms with Crippen LogP contribution in [0, 0.1) is 11.3 Å². The molecule has 0 unspecified atom stereocenters. The predicted octanol–water partition coefficient (Wildman–Crippen LogP) is 0.649. The van der Waals surface area contributed by atoms with Gasteiger partial charge >= 0.3 is 0 Å². The topological polar surface area (TPSA) is 49.8 Å². The second-order valence-corrected chi connectivity index (χ2v) is 2.74. The van der Waals surface area contributed by atoms with E-state index in [0.29, 0.717) is 0 Å². The van der Waals surface area contributed by atoms with E-state index in [0.717, 1.165) is 12.8 Å². The van der Waals surface area contributed by atoms with Crippen LogP contribution in [0.25, 0.3) is 0 Å². The van der Waals surface area contributed by atoms with Gasteiger partial charge in [0.2, 0.25) is 0 Å². The number of hydrogen-bond acceptors (Lipinski definition) is 3. The van der Waals surface area contributed by atoms with Crippen LogP contribution in [0.5, 0.6) is 0 Å². The first kappa shape index (κ1) is 4.95. The van der Waals surface area contributed by atoms with Crippen molar-refractivity contribution in [3.63, 3.8) is 0 Å². The van der Waals surface area contributed by atoms with E-state index in [1.807, 2.05) is 0 Å². The lowest BCUT2D eigenvalue weighted by Gasteiger charge is -1.92. The minimum absolute atomic E-state index is 0.167. The van der Waals surface area contributed by atoms with Crippen molar-refractivity contribution in [3.8, 4) is 6.07 Å². The lowest BCUT2D eigenvalue weighted by atomic mass is 10.5. The summed E-state index contributed by atoms with van der Waals surface area (Å²) in [4.78, 5) is 0. The number of rotatable bonds is 1. The molecule has 2 nitrogen and oxygen atoms in total. The summed E-state index contributed by atoms with van der Waals surface area (Å²) in [6.45, 7) is 0.